The zero-order chi connectivity index (χ0) is 16.8. The van der Waals surface area contributed by atoms with Crippen LogP contribution < -0.4 is 10.6 Å². The van der Waals surface area contributed by atoms with E-state index in [9.17, 15) is 4.79 Å². The number of aromatic nitrogens is 1. The predicted octanol–water partition coefficient (Wildman–Crippen LogP) is 1.54. The first-order chi connectivity index (χ1) is 11.7. The van der Waals surface area contributed by atoms with E-state index in [2.05, 4.69) is 32.5 Å². The minimum absolute atomic E-state index is 0.0377. The number of likely N-dealkylation sites (tertiary alicyclic amines) is 2. The summed E-state index contributed by atoms with van der Waals surface area (Å²) in [5.41, 5.74) is 0. The number of hydrogen-bond donors (Lipinski definition) is 2. The minimum Gasteiger partial charge on any atom is -0.338 e. The molecule has 0 unspecified atom stereocenters. The summed E-state index contributed by atoms with van der Waals surface area (Å²) in [6.07, 6.45) is 7.30. The lowest BCUT2D eigenvalue weighted by atomic mass is 9.98. The van der Waals surface area contributed by atoms with E-state index in [4.69, 9.17) is 0 Å². The normalized spacial score (nSPS) is 21.7. The number of carbonyl (C=O) groups is 1. The fraction of sp³-hybridized carbons (Fsp3) is 0.765. The van der Waals surface area contributed by atoms with E-state index in [0.717, 1.165) is 43.4 Å². The average molecular weight is 352 g/mol. The highest BCUT2D eigenvalue weighted by atomic mass is 32.1. The number of nitrogens with zero attached hydrogens (tertiary/aromatic N) is 3. The molecule has 0 bridgehead atoms. The Morgan fingerprint density at radius 1 is 1.25 bits per heavy atom. The Bertz CT molecular complexity index is 493. The first-order valence-electron chi connectivity index (χ1n) is 9.06. The van der Waals surface area contributed by atoms with Crippen LogP contribution in [-0.2, 0) is 6.42 Å². The lowest BCUT2D eigenvalue weighted by Crippen LogP contribution is -2.52. The van der Waals surface area contributed by atoms with Gasteiger partial charge in [-0.15, -0.1) is 11.3 Å². The summed E-state index contributed by atoms with van der Waals surface area (Å²) >= 11 is 1.63. The fourth-order valence-electron chi connectivity index (χ4n) is 3.66. The number of rotatable bonds is 5. The molecule has 2 aliphatic heterocycles. The number of nitrogens with one attached hydrogen (secondary N) is 2. The van der Waals surface area contributed by atoms with E-state index in [1.165, 1.54) is 25.9 Å². The molecule has 134 valence electrons. The highest BCUT2D eigenvalue weighted by Gasteiger charge is 2.27. The number of urea groups is 1. The van der Waals surface area contributed by atoms with Crippen LogP contribution in [0.4, 0.5) is 4.79 Å². The molecule has 7 heteroatoms. The molecule has 2 amide bonds. The average Bonchev–Trinajstić information content (AvgIpc) is 3.10. The van der Waals surface area contributed by atoms with E-state index in [-0.39, 0.29) is 6.03 Å². The highest BCUT2D eigenvalue weighted by Crippen LogP contribution is 2.20. The van der Waals surface area contributed by atoms with Gasteiger partial charge in [-0.1, -0.05) is 0 Å². The number of hydrogen-bond acceptors (Lipinski definition) is 5. The van der Waals surface area contributed by atoms with Crippen LogP contribution in [-0.4, -0.2) is 72.7 Å². The number of carbonyl (C=O) groups excluding carboxylic acids is 1. The molecule has 6 nitrogen and oxygen atoms in total. The van der Waals surface area contributed by atoms with Crippen LogP contribution in [0.15, 0.2) is 11.6 Å². The molecule has 0 radical (unpaired) electrons. The van der Waals surface area contributed by atoms with E-state index in [1.807, 2.05) is 5.38 Å². The zero-order valence-electron chi connectivity index (χ0n) is 14.5. The third kappa shape index (κ3) is 5.16. The number of piperidine rings is 2. The van der Waals surface area contributed by atoms with Gasteiger partial charge >= 0.3 is 6.03 Å². The standard InChI is InChI=1S/C17H29N5OS/c1-21-9-5-15(6-10-21)22-11-3-14(4-12-22)20-17(23)19-7-2-16-18-8-13-24-16/h8,13-15H,2-7,9-12H2,1H3,(H2,19,20,23). The molecule has 0 spiro atoms. The summed E-state index contributed by atoms with van der Waals surface area (Å²) < 4.78 is 0. The first-order valence-corrected chi connectivity index (χ1v) is 9.94. The maximum Gasteiger partial charge on any atom is 0.315 e. The van der Waals surface area contributed by atoms with Gasteiger partial charge in [0.1, 0.15) is 0 Å². The van der Waals surface area contributed by atoms with Crippen molar-refractivity contribution in [2.24, 2.45) is 0 Å². The van der Waals surface area contributed by atoms with Crippen molar-refractivity contribution in [3.05, 3.63) is 16.6 Å². The molecule has 1 aromatic heterocycles. The molecule has 3 rings (SSSR count). The van der Waals surface area contributed by atoms with Gasteiger partial charge in [0.05, 0.1) is 5.01 Å². The Kier molecular flexibility index (Phi) is 6.45. The van der Waals surface area contributed by atoms with Crippen molar-refractivity contribution in [3.63, 3.8) is 0 Å². The van der Waals surface area contributed by atoms with Gasteiger partial charge in [0.15, 0.2) is 0 Å². The molecule has 0 aromatic carbocycles. The van der Waals surface area contributed by atoms with Crippen LogP contribution >= 0.6 is 11.3 Å². The van der Waals surface area contributed by atoms with Crippen molar-refractivity contribution in [1.82, 2.24) is 25.4 Å². The van der Waals surface area contributed by atoms with Crippen LogP contribution in [0.2, 0.25) is 0 Å². The second kappa shape index (κ2) is 8.78. The van der Waals surface area contributed by atoms with Crippen molar-refractivity contribution in [2.75, 3.05) is 39.8 Å². The Labute approximate surface area is 148 Å². The van der Waals surface area contributed by atoms with Gasteiger partial charge in [-0.25, -0.2) is 9.78 Å². The molecule has 1 aromatic rings. The first kappa shape index (κ1) is 17.6. The minimum atomic E-state index is -0.0377. The highest BCUT2D eigenvalue weighted by molar-refractivity contribution is 7.09. The van der Waals surface area contributed by atoms with E-state index < -0.39 is 0 Å². The molecule has 24 heavy (non-hydrogen) atoms. The Morgan fingerprint density at radius 2 is 2.00 bits per heavy atom. The van der Waals surface area contributed by atoms with Gasteiger partial charge < -0.3 is 20.4 Å². The SMILES string of the molecule is CN1CCC(N2CCC(NC(=O)NCCc3nccs3)CC2)CC1. The van der Waals surface area contributed by atoms with Crippen LogP contribution in [0.3, 0.4) is 0 Å². The molecule has 2 saturated heterocycles. The number of amides is 2. The van der Waals surface area contributed by atoms with Crippen molar-refractivity contribution in [2.45, 2.75) is 44.2 Å². The molecule has 3 heterocycles. The summed E-state index contributed by atoms with van der Waals surface area (Å²) in [6.45, 7) is 5.29. The predicted molar refractivity (Wildman–Crippen MR) is 97.5 cm³/mol. The maximum atomic E-state index is 12.0. The van der Waals surface area contributed by atoms with Crippen molar-refractivity contribution >= 4 is 17.4 Å². The molecule has 0 atom stereocenters. The van der Waals surface area contributed by atoms with Crippen molar-refractivity contribution < 1.29 is 4.79 Å². The fourth-order valence-corrected chi connectivity index (χ4v) is 4.29. The lowest BCUT2D eigenvalue weighted by Gasteiger charge is -2.41. The van der Waals surface area contributed by atoms with Gasteiger partial charge in [0.25, 0.3) is 0 Å². The van der Waals surface area contributed by atoms with Crippen LogP contribution in [0, 0.1) is 0 Å². The van der Waals surface area contributed by atoms with Gasteiger partial charge in [0, 0.05) is 49.7 Å². The second-order valence-electron chi connectivity index (χ2n) is 6.92. The van der Waals surface area contributed by atoms with E-state index in [0.29, 0.717) is 12.6 Å². The molecular formula is C17H29N5OS. The van der Waals surface area contributed by atoms with Gasteiger partial charge in [0.2, 0.25) is 0 Å². The van der Waals surface area contributed by atoms with E-state index in [1.54, 1.807) is 17.5 Å². The monoisotopic (exact) mass is 351 g/mol. The maximum absolute atomic E-state index is 12.0. The molecule has 2 N–H and O–H groups in total. The van der Waals surface area contributed by atoms with Crippen LogP contribution in [0.5, 0.6) is 0 Å². The Morgan fingerprint density at radius 3 is 2.67 bits per heavy atom. The zero-order valence-corrected chi connectivity index (χ0v) is 15.4. The lowest BCUT2D eigenvalue weighted by molar-refractivity contribution is 0.0934. The Hall–Kier alpha value is -1.18. The smallest absolute Gasteiger partial charge is 0.315 e. The van der Waals surface area contributed by atoms with Gasteiger partial charge in [-0.2, -0.15) is 0 Å². The summed E-state index contributed by atoms with van der Waals surface area (Å²) in [6, 6.07) is 1.02. The second-order valence-corrected chi connectivity index (χ2v) is 7.90. The van der Waals surface area contributed by atoms with Gasteiger partial charge in [-0.05, 0) is 45.8 Å². The molecule has 2 fully saturated rings. The largest absolute Gasteiger partial charge is 0.338 e. The van der Waals surface area contributed by atoms with Crippen molar-refractivity contribution in [1.29, 1.82) is 0 Å². The van der Waals surface area contributed by atoms with Crippen LogP contribution in [0.1, 0.15) is 30.7 Å². The number of thiazole rings is 1. The quantitative estimate of drug-likeness (QED) is 0.845. The van der Waals surface area contributed by atoms with Crippen LogP contribution in [0.25, 0.3) is 0 Å². The molecule has 2 aliphatic rings. The van der Waals surface area contributed by atoms with Gasteiger partial charge in [-0.3, -0.25) is 0 Å². The van der Waals surface area contributed by atoms with Crippen molar-refractivity contribution in [3.8, 4) is 0 Å². The summed E-state index contributed by atoms with van der Waals surface area (Å²) in [4.78, 5) is 21.3. The topological polar surface area (TPSA) is 60.5 Å². The molecule has 0 saturated carbocycles. The summed E-state index contributed by atoms with van der Waals surface area (Å²) in [5.74, 6) is 0. The van der Waals surface area contributed by atoms with E-state index >= 15 is 0 Å². The molecular weight excluding hydrogens is 322 g/mol. The summed E-state index contributed by atoms with van der Waals surface area (Å²) in [7, 11) is 2.21. The Balaban J connectivity index is 1.31. The molecule has 0 aliphatic carbocycles. The summed E-state index contributed by atoms with van der Waals surface area (Å²) in [5, 5.41) is 9.11. The third-order valence-electron chi connectivity index (χ3n) is 5.18. The third-order valence-corrected chi connectivity index (χ3v) is 6.02.